The summed E-state index contributed by atoms with van der Waals surface area (Å²) in [6, 6.07) is 1.26. The van der Waals surface area contributed by atoms with Gasteiger partial charge in [0.25, 0.3) is 5.91 Å². The fourth-order valence-corrected chi connectivity index (χ4v) is 1.15. The average Bonchev–Trinajstić information content (AvgIpc) is 2.61. The molecule has 1 atom stereocenters. The number of furan rings is 1. The van der Waals surface area contributed by atoms with Gasteiger partial charge in [0.15, 0.2) is 0 Å². The van der Waals surface area contributed by atoms with Crippen LogP contribution in [0.3, 0.4) is 0 Å². The summed E-state index contributed by atoms with van der Waals surface area (Å²) in [6.45, 7) is 1.66. The Morgan fingerprint density at radius 2 is 2.43 bits per heavy atom. The van der Waals surface area contributed by atoms with E-state index in [4.69, 9.17) is 21.1 Å². The molecule has 1 rings (SSSR count). The standard InChI is InChI=1S/C9H12ClNO3/c1-6(5-12)11(2)9(13)7-3-4-14-8(7)10/h3-4,6,12H,5H2,1-2H3. The van der Waals surface area contributed by atoms with Crippen LogP contribution in [-0.2, 0) is 0 Å². The highest BCUT2D eigenvalue weighted by Gasteiger charge is 2.20. The van der Waals surface area contributed by atoms with Gasteiger partial charge in [-0.3, -0.25) is 4.79 Å². The van der Waals surface area contributed by atoms with E-state index in [-0.39, 0.29) is 23.8 Å². The maximum Gasteiger partial charge on any atom is 0.258 e. The van der Waals surface area contributed by atoms with Gasteiger partial charge in [-0.2, -0.15) is 0 Å². The molecule has 1 unspecified atom stereocenters. The number of nitrogens with zero attached hydrogens (tertiary/aromatic N) is 1. The summed E-state index contributed by atoms with van der Waals surface area (Å²) in [6.07, 6.45) is 1.35. The summed E-state index contributed by atoms with van der Waals surface area (Å²) in [4.78, 5) is 13.1. The lowest BCUT2D eigenvalue weighted by Crippen LogP contribution is -2.37. The van der Waals surface area contributed by atoms with Crippen molar-refractivity contribution in [2.75, 3.05) is 13.7 Å². The minimum absolute atomic E-state index is 0.0759. The van der Waals surface area contributed by atoms with E-state index in [0.717, 1.165) is 0 Å². The average molecular weight is 218 g/mol. The van der Waals surface area contributed by atoms with Crippen LogP contribution in [0.5, 0.6) is 0 Å². The second-order valence-corrected chi connectivity index (χ2v) is 3.40. The Hall–Kier alpha value is -1.00. The van der Waals surface area contributed by atoms with Crippen LogP contribution < -0.4 is 0 Å². The van der Waals surface area contributed by atoms with Crippen LogP contribution in [-0.4, -0.2) is 35.6 Å². The molecule has 0 saturated carbocycles. The third-order valence-electron chi connectivity index (χ3n) is 2.09. The lowest BCUT2D eigenvalue weighted by atomic mass is 10.2. The Balaban J connectivity index is 2.81. The van der Waals surface area contributed by atoms with E-state index >= 15 is 0 Å². The molecule has 0 fully saturated rings. The summed E-state index contributed by atoms with van der Waals surface area (Å²) in [7, 11) is 1.60. The smallest absolute Gasteiger partial charge is 0.258 e. The highest BCUT2D eigenvalue weighted by atomic mass is 35.5. The maximum absolute atomic E-state index is 11.7. The van der Waals surface area contributed by atoms with E-state index in [2.05, 4.69) is 0 Å². The zero-order valence-electron chi connectivity index (χ0n) is 8.03. The quantitative estimate of drug-likeness (QED) is 0.833. The minimum Gasteiger partial charge on any atom is -0.452 e. The SMILES string of the molecule is CC(CO)N(C)C(=O)c1ccoc1Cl. The maximum atomic E-state index is 11.7. The molecule has 0 radical (unpaired) electrons. The number of carbonyl (C=O) groups is 1. The summed E-state index contributed by atoms with van der Waals surface area (Å²) >= 11 is 5.65. The Morgan fingerprint density at radius 1 is 1.79 bits per heavy atom. The van der Waals surface area contributed by atoms with E-state index in [0.29, 0.717) is 5.56 Å². The van der Waals surface area contributed by atoms with Crippen molar-refractivity contribution in [3.8, 4) is 0 Å². The van der Waals surface area contributed by atoms with Crippen molar-refractivity contribution in [1.82, 2.24) is 4.90 Å². The number of halogens is 1. The van der Waals surface area contributed by atoms with E-state index in [9.17, 15) is 4.79 Å². The lowest BCUT2D eigenvalue weighted by Gasteiger charge is -2.22. The highest BCUT2D eigenvalue weighted by Crippen LogP contribution is 2.18. The molecule has 0 saturated heterocycles. The first-order valence-corrected chi connectivity index (χ1v) is 4.56. The molecule has 1 heterocycles. The lowest BCUT2D eigenvalue weighted by molar-refractivity contribution is 0.0681. The van der Waals surface area contributed by atoms with Gasteiger partial charge in [0.05, 0.1) is 24.5 Å². The van der Waals surface area contributed by atoms with Crippen LogP contribution in [0.25, 0.3) is 0 Å². The third kappa shape index (κ3) is 2.08. The molecule has 1 aromatic rings. The van der Waals surface area contributed by atoms with Gasteiger partial charge in [0, 0.05) is 7.05 Å². The highest BCUT2D eigenvalue weighted by molar-refractivity contribution is 6.32. The first-order valence-electron chi connectivity index (χ1n) is 4.19. The largest absolute Gasteiger partial charge is 0.452 e. The molecule has 1 aromatic heterocycles. The number of carbonyl (C=O) groups excluding carboxylic acids is 1. The number of aliphatic hydroxyl groups is 1. The Kier molecular flexibility index (Phi) is 3.55. The van der Waals surface area contributed by atoms with Crippen molar-refractivity contribution in [3.63, 3.8) is 0 Å². The van der Waals surface area contributed by atoms with Gasteiger partial charge >= 0.3 is 0 Å². The summed E-state index contributed by atoms with van der Waals surface area (Å²) in [5.74, 6) is -0.259. The zero-order chi connectivity index (χ0) is 10.7. The third-order valence-corrected chi connectivity index (χ3v) is 2.39. The molecular formula is C9H12ClNO3. The van der Waals surface area contributed by atoms with Crippen molar-refractivity contribution in [3.05, 3.63) is 23.1 Å². The Labute approximate surface area is 87.1 Å². The molecule has 0 aliphatic heterocycles. The van der Waals surface area contributed by atoms with Gasteiger partial charge in [0.2, 0.25) is 5.22 Å². The Morgan fingerprint density at radius 3 is 2.86 bits per heavy atom. The van der Waals surface area contributed by atoms with Gasteiger partial charge in [-0.05, 0) is 24.6 Å². The first-order chi connectivity index (χ1) is 6.57. The van der Waals surface area contributed by atoms with Crippen LogP contribution in [0.4, 0.5) is 0 Å². The molecule has 1 amide bonds. The van der Waals surface area contributed by atoms with E-state index in [1.165, 1.54) is 17.2 Å². The molecular weight excluding hydrogens is 206 g/mol. The van der Waals surface area contributed by atoms with E-state index < -0.39 is 0 Å². The fraction of sp³-hybridized carbons (Fsp3) is 0.444. The number of hydrogen-bond acceptors (Lipinski definition) is 3. The van der Waals surface area contributed by atoms with Crippen molar-refractivity contribution < 1.29 is 14.3 Å². The molecule has 0 spiro atoms. The molecule has 4 nitrogen and oxygen atoms in total. The molecule has 0 aromatic carbocycles. The summed E-state index contributed by atoms with van der Waals surface area (Å²) < 4.78 is 4.80. The van der Waals surface area contributed by atoms with Crippen LogP contribution in [0.1, 0.15) is 17.3 Å². The van der Waals surface area contributed by atoms with E-state index in [1.54, 1.807) is 14.0 Å². The van der Waals surface area contributed by atoms with Crippen LogP contribution in [0.15, 0.2) is 16.7 Å². The molecule has 14 heavy (non-hydrogen) atoms. The Bertz CT molecular complexity index is 324. The van der Waals surface area contributed by atoms with Crippen molar-refractivity contribution in [2.45, 2.75) is 13.0 Å². The molecule has 5 heteroatoms. The van der Waals surface area contributed by atoms with Crippen LogP contribution >= 0.6 is 11.6 Å². The number of aliphatic hydroxyl groups excluding tert-OH is 1. The minimum atomic E-state index is -0.259. The van der Waals surface area contributed by atoms with Gasteiger partial charge in [-0.1, -0.05) is 0 Å². The number of rotatable bonds is 3. The van der Waals surface area contributed by atoms with Gasteiger partial charge < -0.3 is 14.4 Å². The number of amides is 1. The van der Waals surface area contributed by atoms with Crippen LogP contribution in [0, 0.1) is 0 Å². The van der Waals surface area contributed by atoms with Crippen molar-refractivity contribution >= 4 is 17.5 Å². The van der Waals surface area contributed by atoms with Crippen molar-refractivity contribution in [2.24, 2.45) is 0 Å². The van der Waals surface area contributed by atoms with Gasteiger partial charge in [-0.15, -0.1) is 0 Å². The van der Waals surface area contributed by atoms with Gasteiger partial charge in [-0.25, -0.2) is 0 Å². The second kappa shape index (κ2) is 4.48. The predicted molar refractivity (Wildman–Crippen MR) is 52.4 cm³/mol. The summed E-state index contributed by atoms with van der Waals surface area (Å²) in [5.41, 5.74) is 0.314. The zero-order valence-corrected chi connectivity index (χ0v) is 8.78. The predicted octanol–water partition coefficient (Wildman–Crippen LogP) is 1.39. The molecule has 0 bridgehead atoms. The van der Waals surface area contributed by atoms with Gasteiger partial charge in [0.1, 0.15) is 0 Å². The molecule has 0 aliphatic carbocycles. The first kappa shape index (κ1) is 11.1. The summed E-state index contributed by atoms with van der Waals surface area (Å²) in [5, 5.41) is 8.95. The topological polar surface area (TPSA) is 53.7 Å². The fourth-order valence-electron chi connectivity index (χ4n) is 0.959. The second-order valence-electron chi connectivity index (χ2n) is 3.06. The molecule has 78 valence electrons. The molecule has 0 aliphatic rings. The normalized spacial score (nSPS) is 12.6. The number of hydrogen-bond donors (Lipinski definition) is 1. The van der Waals surface area contributed by atoms with Crippen LogP contribution in [0.2, 0.25) is 5.22 Å². The monoisotopic (exact) mass is 217 g/mol. The molecule has 1 N–H and O–H groups in total. The number of likely N-dealkylation sites (N-methyl/N-ethyl adjacent to an activating group) is 1. The van der Waals surface area contributed by atoms with E-state index in [1.807, 2.05) is 0 Å². The van der Waals surface area contributed by atoms with Crippen molar-refractivity contribution in [1.29, 1.82) is 0 Å².